The van der Waals surface area contributed by atoms with Gasteiger partial charge < -0.3 is 24.4 Å². The van der Waals surface area contributed by atoms with Crippen molar-refractivity contribution in [1.29, 1.82) is 0 Å². The number of phenols is 1. The zero-order valence-electron chi connectivity index (χ0n) is 11.8. The molecular weight excluding hydrogens is 282 g/mol. The van der Waals surface area contributed by atoms with Gasteiger partial charge in [-0.1, -0.05) is 0 Å². The number of aromatic carboxylic acids is 1. The number of ether oxygens (including phenoxy) is 3. The van der Waals surface area contributed by atoms with Gasteiger partial charge in [-0.05, 0) is 32.0 Å². The van der Waals surface area contributed by atoms with Crippen molar-refractivity contribution >= 4 is 17.7 Å². The maximum atomic E-state index is 11.6. The Labute approximate surface area is 121 Å². The van der Waals surface area contributed by atoms with Crippen LogP contribution in [0.1, 0.15) is 24.2 Å². The highest BCUT2D eigenvalue weighted by Crippen LogP contribution is 2.21. The molecule has 1 amide bonds. The summed E-state index contributed by atoms with van der Waals surface area (Å²) in [5.41, 5.74) is -0.160. The number of benzene rings is 1. The van der Waals surface area contributed by atoms with Gasteiger partial charge in [0, 0.05) is 12.8 Å². The number of carboxylic acids is 1. The lowest BCUT2D eigenvalue weighted by atomic mass is 10.2. The first-order valence-electron chi connectivity index (χ1n) is 6.05. The van der Waals surface area contributed by atoms with Crippen LogP contribution in [0.3, 0.4) is 0 Å². The Morgan fingerprint density at radius 1 is 1.24 bits per heavy atom. The number of carbonyl (C=O) groups is 2. The van der Waals surface area contributed by atoms with Crippen molar-refractivity contribution < 1.29 is 34.0 Å². The van der Waals surface area contributed by atoms with E-state index < -0.39 is 30.4 Å². The number of amides is 1. The molecule has 0 aliphatic carbocycles. The van der Waals surface area contributed by atoms with Gasteiger partial charge in [-0.25, -0.2) is 9.59 Å². The zero-order valence-corrected chi connectivity index (χ0v) is 11.8. The fourth-order valence-corrected chi connectivity index (χ4v) is 1.44. The molecule has 0 heterocycles. The van der Waals surface area contributed by atoms with Gasteiger partial charge in [-0.2, -0.15) is 0 Å². The first-order chi connectivity index (χ1) is 9.83. The lowest BCUT2D eigenvalue weighted by Crippen LogP contribution is -2.26. The van der Waals surface area contributed by atoms with Crippen molar-refractivity contribution in [2.75, 3.05) is 12.4 Å². The molecule has 8 nitrogen and oxygen atoms in total. The summed E-state index contributed by atoms with van der Waals surface area (Å²) < 4.78 is 14.9. The summed E-state index contributed by atoms with van der Waals surface area (Å²) in [6.45, 7) is 3.14. The van der Waals surface area contributed by atoms with E-state index in [9.17, 15) is 14.7 Å². The van der Waals surface area contributed by atoms with E-state index in [1.54, 1.807) is 6.92 Å². The molecule has 0 aliphatic rings. The second-order valence-corrected chi connectivity index (χ2v) is 4.07. The number of carbonyl (C=O) groups excluding carboxylic acids is 1. The van der Waals surface area contributed by atoms with Crippen LogP contribution in [0.2, 0.25) is 0 Å². The summed E-state index contributed by atoms with van der Waals surface area (Å²) in [4.78, 5) is 22.4. The third kappa shape index (κ3) is 5.28. The predicted molar refractivity (Wildman–Crippen MR) is 72.2 cm³/mol. The van der Waals surface area contributed by atoms with Gasteiger partial charge in [0.2, 0.25) is 6.29 Å². The van der Waals surface area contributed by atoms with Crippen molar-refractivity contribution in [2.24, 2.45) is 0 Å². The quantitative estimate of drug-likeness (QED) is 0.543. The monoisotopic (exact) mass is 299 g/mol. The molecule has 1 rings (SSSR count). The van der Waals surface area contributed by atoms with E-state index in [1.807, 2.05) is 0 Å². The minimum atomic E-state index is -1.31. The largest absolute Gasteiger partial charge is 0.507 e. The van der Waals surface area contributed by atoms with Crippen molar-refractivity contribution in [2.45, 2.75) is 26.4 Å². The van der Waals surface area contributed by atoms with E-state index >= 15 is 0 Å². The molecule has 0 fully saturated rings. The van der Waals surface area contributed by atoms with Crippen LogP contribution in [0.25, 0.3) is 0 Å². The number of nitrogens with one attached hydrogen (secondary N) is 1. The summed E-state index contributed by atoms with van der Waals surface area (Å²) in [5.74, 6) is -1.71. The highest BCUT2D eigenvalue weighted by Gasteiger charge is 2.15. The average Bonchev–Trinajstić information content (AvgIpc) is 2.40. The Morgan fingerprint density at radius 3 is 2.48 bits per heavy atom. The Hall–Kier alpha value is -2.32. The van der Waals surface area contributed by atoms with Crippen LogP contribution in [-0.4, -0.2) is 42.0 Å². The van der Waals surface area contributed by atoms with Crippen molar-refractivity contribution in [1.82, 2.24) is 0 Å². The molecule has 116 valence electrons. The maximum absolute atomic E-state index is 11.6. The molecule has 0 aromatic heterocycles. The number of carboxylic acid groups (broad SMARTS) is 1. The van der Waals surface area contributed by atoms with Crippen molar-refractivity contribution in [3.05, 3.63) is 23.8 Å². The second kappa shape index (κ2) is 7.46. The predicted octanol–water partition coefficient (Wildman–Crippen LogP) is 1.99. The Bertz CT molecular complexity index is 517. The summed E-state index contributed by atoms with van der Waals surface area (Å²) in [6.07, 6.45) is -2.22. The molecular formula is C13H17NO7. The topological polar surface area (TPSA) is 114 Å². The average molecular weight is 299 g/mol. The molecule has 21 heavy (non-hydrogen) atoms. The van der Waals surface area contributed by atoms with E-state index in [0.29, 0.717) is 0 Å². The van der Waals surface area contributed by atoms with Gasteiger partial charge >= 0.3 is 12.1 Å². The van der Waals surface area contributed by atoms with Crippen LogP contribution in [0.4, 0.5) is 10.5 Å². The highest BCUT2D eigenvalue weighted by molar-refractivity contribution is 5.93. The summed E-state index contributed by atoms with van der Waals surface area (Å²) >= 11 is 0. The number of methoxy groups -OCH3 is 1. The molecule has 0 saturated heterocycles. The van der Waals surface area contributed by atoms with Crippen LogP contribution < -0.4 is 5.32 Å². The van der Waals surface area contributed by atoms with Crippen molar-refractivity contribution in [3.63, 3.8) is 0 Å². The van der Waals surface area contributed by atoms with Gasteiger partial charge in [0.25, 0.3) is 0 Å². The van der Waals surface area contributed by atoms with Gasteiger partial charge in [0.05, 0.1) is 0 Å². The maximum Gasteiger partial charge on any atom is 0.413 e. The van der Waals surface area contributed by atoms with Gasteiger partial charge in [0.15, 0.2) is 6.29 Å². The van der Waals surface area contributed by atoms with Gasteiger partial charge in [-0.15, -0.1) is 0 Å². The molecule has 8 heteroatoms. The van der Waals surface area contributed by atoms with Crippen LogP contribution in [0.15, 0.2) is 18.2 Å². The molecule has 0 radical (unpaired) electrons. The van der Waals surface area contributed by atoms with Crippen LogP contribution >= 0.6 is 0 Å². The first-order valence-corrected chi connectivity index (χ1v) is 6.05. The van der Waals surface area contributed by atoms with Crippen molar-refractivity contribution in [3.8, 4) is 5.75 Å². The summed E-state index contributed by atoms with van der Waals surface area (Å²) in [7, 11) is 1.45. The third-order valence-electron chi connectivity index (χ3n) is 2.46. The first kappa shape index (κ1) is 16.7. The molecule has 2 atom stereocenters. The van der Waals surface area contributed by atoms with E-state index in [0.717, 1.165) is 12.1 Å². The number of aromatic hydroxyl groups is 1. The molecule has 0 bridgehead atoms. The molecule has 0 aliphatic heterocycles. The highest BCUT2D eigenvalue weighted by atomic mass is 16.8. The molecule has 1 aromatic rings. The van der Waals surface area contributed by atoms with E-state index in [4.69, 9.17) is 19.3 Å². The van der Waals surface area contributed by atoms with Crippen LogP contribution in [-0.2, 0) is 14.2 Å². The lowest BCUT2D eigenvalue weighted by molar-refractivity contribution is -0.201. The normalized spacial score (nSPS) is 13.3. The van der Waals surface area contributed by atoms with E-state index in [-0.39, 0.29) is 11.3 Å². The summed E-state index contributed by atoms with van der Waals surface area (Å²) in [5, 5.41) is 20.5. The van der Waals surface area contributed by atoms with Gasteiger partial charge in [0.1, 0.15) is 11.3 Å². The molecule has 3 N–H and O–H groups in total. The lowest BCUT2D eigenvalue weighted by Gasteiger charge is -2.18. The molecule has 0 saturated carbocycles. The minimum absolute atomic E-state index is 0.169. The SMILES string of the molecule is COC(C)OC(C)OC(=O)Nc1ccc(O)c(C(=O)O)c1. The third-order valence-corrected chi connectivity index (χ3v) is 2.46. The second-order valence-electron chi connectivity index (χ2n) is 4.07. The smallest absolute Gasteiger partial charge is 0.413 e. The number of rotatable bonds is 6. The van der Waals surface area contributed by atoms with Gasteiger partial charge in [-0.3, -0.25) is 5.32 Å². The minimum Gasteiger partial charge on any atom is -0.507 e. The molecule has 2 unspecified atom stereocenters. The van der Waals surface area contributed by atoms with Crippen LogP contribution in [0.5, 0.6) is 5.75 Å². The Kier molecular flexibility index (Phi) is 5.94. The molecule has 0 spiro atoms. The fourth-order valence-electron chi connectivity index (χ4n) is 1.44. The number of hydrogen-bond donors (Lipinski definition) is 3. The number of hydrogen-bond acceptors (Lipinski definition) is 6. The zero-order chi connectivity index (χ0) is 16.0. The van der Waals surface area contributed by atoms with Crippen LogP contribution in [0, 0.1) is 0 Å². The standard InChI is InChI=1S/C13H17NO7/c1-7(19-3)20-8(2)21-13(18)14-9-4-5-11(15)10(6-9)12(16)17/h4-8,15H,1-3H3,(H,14,18)(H,16,17). The fraction of sp³-hybridized carbons (Fsp3) is 0.385. The Balaban J connectivity index is 2.63. The molecule has 1 aromatic carbocycles. The van der Waals surface area contributed by atoms with E-state index in [1.165, 1.54) is 20.1 Å². The van der Waals surface area contributed by atoms with E-state index in [2.05, 4.69) is 5.32 Å². The number of anilines is 1. The Morgan fingerprint density at radius 2 is 1.90 bits per heavy atom. The summed E-state index contributed by atoms with van der Waals surface area (Å²) in [6, 6.07) is 3.61.